The van der Waals surface area contributed by atoms with Crippen molar-refractivity contribution in [2.75, 3.05) is 6.54 Å². The first-order chi connectivity index (χ1) is 11.1. The molecule has 0 saturated carbocycles. The maximum atomic E-state index is 13.0. The number of nitrogens with zero attached hydrogens (tertiary/aromatic N) is 4. The topological polar surface area (TPSA) is 51.0 Å². The van der Waals surface area contributed by atoms with E-state index in [1.165, 1.54) is 4.70 Å². The number of thiazole rings is 1. The van der Waals surface area contributed by atoms with E-state index in [0.29, 0.717) is 5.69 Å². The second-order valence-corrected chi connectivity index (χ2v) is 7.03. The number of imidazole rings is 1. The lowest BCUT2D eigenvalue weighted by molar-refractivity contribution is 0.0725. The predicted octanol–water partition coefficient (Wildman–Crippen LogP) is 3.32. The number of amides is 1. The summed E-state index contributed by atoms with van der Waals surface area (Å²) in [6.07, 6.45) is 3.69. The molecule has 23 heavy (non-hydrogen) atoms. The third kappa shape index (κ3) is 2.34. The third-order valence-corrected chi connectivity index (χ3v) is 5.57. The van der Waals surface area contributed by atoms with Crippen LogP contribution in [0.3, 0.4) is 0 Å². The zero-order valence-corrected chi connectivity index (χ0v) is 14.0. The van der Waals surface area contributed by atoms with Crippen LogP contribution in [-0.4, -0.2) is 31.9 Å². The number of carbonyl (C=O) groups excluding carboxylic acids is 1. The maximum Gasteiger partial charge on any atom is 0.272 e. The predicted molar refractivity (Wildman–Crippen MR) is 90.6 cm³/mol. The standard InChI is InChI=1S/C17H18N4OS/c1-11-15(20(2)10-18-11)17(22)21-9-5-7-13(21)16-19-12-6-3-4-8-14(12)23-16/h3-4,6,8,10,13H,5,7,9H2,1-2H3/t13-/m1/s1. The summed E-state index contributed by atoms with van der Waals surface area (Å²) in [5.41, 5.74) is 2.48. The van der Waals surface area contributed by atoms with E-state index in [1.54, 1.807) is 17.7 Å². The van der Waals surface area contributed by atoms with Crippen LogP contribution in [0.15, 0.2) is 30.6 Å². The van der Waals surface area contributed by atoms with Crippen LogP contribution in [0.1, 0.15) is 40.1 Å². The van der Waals surface area contributed by atoms with Gasteiger partial charge in [-0.3, -0.25) is 4.79 Å². The molecule has 3 heterocycles. The Labute approximate surface area is 138 Å². The molecule has 0 spiro atoms. The molecule has 1 aromatic carbocycles. The highest BCUT2D eigenvalue weighted by atomic mass is 32.1. The van der Waals surface area contributed by atoms with Crippen molar-refractivity contribution in [1.29, 1.82) is 0 Å². The molecule has 0 N–H and O–H groups in total. The zero-order valence-electron chi connectivity index (χ0n) is 13.2. The van der Waals surface area contributed by atoms with E-state index in [0.717, 1.165) is 35.6 Å². The van der Waals surface area contributed by atoms with E-state index in [4.69, 9.17) is 4.98 Å². The number of aromatic nitrogens is 3. The highest BCUT2D eigenvalue weighted by Gasteiger charge is 2.34. The average Bonchev–Trinajstić information content (AvgIpc) is 3.24. The minimum atomic E-state index is 0.0595. The van der Waals surface area contributed by atoms with Gasteiger partial charge in [-0.2, -0.15) is 0 Å². The van der Waals surface area contributed by atoms with E-state index in [-0.39, 0.29) is 11.9 Å². The molecule has 0 bridgehead atoms. The van der Waals surface area contributed by atoms with Gasteiger partial charge in [0, 0.05) is 13.6 Å². The van der Waals surface area contributed by atoms with Crippen molar-refractivity contribution in [1.82, 2.24) is 19.4 Å². The number of hydrogen-bond donors (Lipinski definition) is 0. The van der Waals surface area contributed by atoms with Crippen molar-refractivity contribution in [2.45, 2.75) is 25.8 Å². The summed E-state index contributed by atoms with van der Waals surface area (Å²) in [5.74, 6) is 0.0595. The maximum absolute atomic E-state index is 13.0. The molecule has 1 aliphatic rings. The molecule has 3 aromatic rings. The average molecular weight is 326 g/mol. The van der Waals surface area contributed by atoms with Gasteiger partial charge in [-0.1, -0.05) is 12.1 Å². The number of aryl methyl sites for hydroxylation is 2. The highest BCUT2D eigenvalue weighted by Crippen LogP contribution is 2.37. The second kappa shape index (κ2) is 5.45. The lowest BCUT2D eigenvalue weighted by atomic mass is 10.2. The minimum Gasteiger partial charge on any atom is -0.330 e. The molecule has 0 unspecified atom stereocenters. The van der Waals surface area contributed by atoms with E-state index in [2.05, 4.69) is 11.1 Å². The first-order valence-corrected chi connectivity index (χ1v) is 8.61. The quantitative estimate of drug-likeness (QED) is 0.726. The smallest absolute Gasteiger partial charge is 0.272 e. The van der Waals surface area contributed by atoms with Gasteiger partial charge in [0.05, 0.1) is 28.3 Å². The Hall–Kier alpha value is -2.21. The number of likely N-dealkylation sites (tertiary alicyclic amines) is 1. The van der Waals surface area contributed by atoms with E-state index in [9.17, 15) is 4.79 Å². The fraction of sp³-hybridized carbons (Fsp3) is 0.353. The van der Waals surface area contributed by atoms with Crippen LogP contribution >= 0.6 is 11.3 Å². The number of rotatable bonds is 2. The Balaban J connectivity index is 1.70. The zero-order chi connectivity index (χ0) is 16.0. The molecular weight excluding hydrogens is 308 g/mol. The van der Waals surface area contributed by atoms with Gasteiger partial charge < -0.3 is 9.47 Å². The highest BCUT2D eigenvalue weighted by molar-refractivity contribution is 7.18. The summed E-state index contributed by atoms with van der Waals surface area (Å²) in [7, 11) is 1.87. The molecule has 1 fully saturated rings. The molecule has 1 saturated heterocycles. The van der Waals surface area contributed by atoms with Gasteiger partial charge in [0.1, 0.15) is 10.7 Å². The summed E-state index contributed by atoms with van der Waals surface area (Å²) >= 11 is 1.69. The fourth-order valence-corrected chi connectivity index (χ4v) is 4.40. The molecule has 5 nitrogen and oxygen atoms in total. The molecular formula is C17H18N4OS. The molecule has 2 aromatic heterocycles. The van der Waals surface area contributed by atoms with Crippen molar-refractivity contribution in [3.63, 3.8) is 0 Å². The van der Waals surface area contributed by atoms with Gasteiger partial charge in [-0.05, 0) is 31.9 Å². The second-order valence-electron chi connectivity index (χ2n) is 5.97. The Morgan fingerprint density at radius 3 is 2.91 bits per heavy atom. The Morgan fingerprint density at radius 1 is 1.35 bits per heavy atom. The van der Waals surface area contributed by atoms with Gasteiger partial charge in [0.2, 0.25) is 0 Å². The Morgan fingerprint density at radius 2 is 2.17 bits per heavy atom. The van der Waals surface area contributed by atoms with Crippen molar-refractivity contribution < 1.29 is 4.79 Å². The number of carbonyl (C=O) groups is 1. The SMILES string of the molecule is Cc1ncn(C)c1C(=O)N1CCC[C@@H]1c1nc2ccccc2s1. The number of fused-ring (bicyclic) bond motifs is 1. The van der Waals surface area contributed by atoms with E-state index >= 15 is 0 Å². The fourth-order valence-electron chi connectivity index (χ4n) is 3.29. The van der Waals surface area contributed by atoms with Gasteiger partial charge in [-0.15, -0.1) is 11.3 Å². The van der Waals surface area contributed by atoms with Gasteiger partial charge in [0.25, 0.3) is 5.91 Å². The van der Waals surface area contributed by atoms with Gasteiger partial charge in [-0.25, -0.2) is 9.97 Å². The molecule has 1 aliphatic heterocycles. The van der Waals surface area contributed by atoms with Crippen LogP contribution in [-0.2, 0) is 7.05 Å². The largest absolute Gasteiger partial charge is 0.330 e. The normalized spacial score (nSPS) is 18.0. The van der Waals surface area contributed by atoms with Gasteiger partial charge >= 0.3 is 0 Å². The lowest BCUT2D eigenvalue weighted by Crippen LogP contribution is -2.32. The van der Waals surface area contributed by atoms with Crippen LogP contribution in [0, 0.1) is 6.92 Å². The van der Waals surface area contributed by atoms with Crippen molar-refractivity contribution in [3.05, 3.63) is 47.0 Å². The van der Waals surface area contributed by atoms with Crippen LogP contribution in [0.4, 0.5) is 0 Å². The molecule has 1 atom stereocenters. The van der Waals surface area contributed by atoms with Gasteiger partial charge in [0.15, 0.2) is 0 Å². The molecule has 6 heteroatoms. The third-order valence-electron chi connectivity index (χ3n) is 4.43. The first kappa shape index (κ1) is 14.4. The lowest BCUT2D eigenvalue weighted by Gasteiger charge is -2.23. The summed E-state index contributed by atoms with van der Waals surface area (Å²) in [6, 6.07) is 8.22. The summed E-state index contributed by atoms with van der Waals surface area (Å²) < 4.78 is 2.99. The monoisotopic (exact) mass is 326 g/mol. The van der Waals surface area contributed by atoms with Crippen LogP contribution < -0.4 is 0 Å². The van der Waals surface area contributed by atoms with Crippen LogP contribution in [0.25, 0.3) is 10.2 Å². The molecule has 1 amide bonds. The van der Waals surface area contributed by atoms with Crippen molar-refractivity contribution in [2.24, 2.45) is 7.05 Å². The number of para-hydroxylation sites is 1. The Bertz CT molecular complexity index is 829. The van der Waals surface area contributed by atoms with E-state index < -0.39 is 0 Å². The van der Waals surface area contributed by atoms with E-state index in [1.807, 2.05) is 41.6 Å². The number of benzene rings is 1. The van der Waals surface area contributed by atoms with Crippen molar-refractivity contribution in [3.8, 4) is 0 Å². The van der Waals surface area contributed by atoms with Crippen LogP contribution in [0.2, 0.25) is 0 Å². The minimum absolute atomic E-state index is 0.0595. The molecule has 0 radical (unpaired) electrons. The van der Waals surface area contributed by atoms with Crippen LogP contribution in [0.5, 0.6) is 0 Å². The first-order valence-electron chi connectivity index (χ1n) is 7.79. The number of hydrogen-bond acceptors (Lipinski definition) is 4. The molecule has 118 valence electrons. The molecule has 0 aliphatic carbocycles. The summed E-state index contributed by atoms with van der Waals surface area (Å²) in [4.78, 5) is 23.9. The molecule has 4 rings (SSSR count). The summed E-state index contributed by atoms with van der Waals surface area (Å²) in [5, 5.41) is 1.04. The summed E-state index contributed by atoms with van der Waals surface area (Å²) in [6.45, 7) is 2.67. The Kier molecular flexibility index (Phi) is 3.41. The van der Waals surface area contributed by atoms with Crippen molar-refractivity contribution >= 4 is 27.5 Å².